The Morgan fingerprint density at radius 1 is 0.923 bits per heavy atom. The first kappa shape index (κ1) is 17.6. The Hall–Kier alpha value is -1.85. The maximum Gasteiger partial charge on any atom is 0.206 e. The standard InChI is InChI=1S/C21H26N2O2S/c1-22-13-5-6-18(12-14-22)23-15-11-17-16-20(9-10-21(17)23)26(24,25)19-7-3-2-4-8-19/h2-4,7-10,16,18H,5-6,11-15H2,1H3. The number of rotatable bonds is 3. The van der Waals surface area contributed by atoms with Crippen LogP contribution in [0.1, 0.15) is 24.8 Å². The summed E-state index contributed by atoms with van der Waals surface area (Å²) in [6.07, 6.45) is 4.56. The summed E-state index contributed by atoms with van der Waals surface area (Å²) in [5.74, 6) is 0. The minimum Gasteiger partial charge on any atom is -0.368 e. The Bertz CT molecular complexity index is 880. The molecule has 2 aliphatic heterocycles. The van der Waals surface area contributed by atoms with Gasteiger partial charge in [0.15, 0.2) is 0 Å². The first-order chi connectivity index (χ1) is 12.6. The zero-order valence-corrected chi connectivity index (χ0v) is 16.1. The number of benzene rings is 2. The number of anilines is 1. The molecule has 0 aliphatic carbocycles. The van der Waals surface area contributed by atoms with E-state index in [9.17, 15) is 8.42 Å². The monoisotopic (exact) mass is 370 g/mol. The van der Waals surface area contributed by atoms with Gasteiger partial charge in [-0.3, -0.25) is 0 Å². The van der Waals surface area contributed by atoms with Crippen molar-refractivity contribution in [1.82, 2.24) is 4.90 Å². The zero-order valence-electron chi connectivity index (χ0n) is 15.3. The summed E-state index contributed by atoms with van der Waals surface area (Å²) in [6.45, 7) is 3.31. The molecular formula is C21H26N2O2S. The van der Waals surface area contributed by atoms with E-state index in [1.807, 2.05) is 18.2 Å². The Kier molecular flexibility index (Phi) is 4.76. The van der Waals surface area contributed by atoms with E-state index in [4.69, 9.17) is 0 Å². The molecule has 1 saturated heterocycles. The van der Waals surface area contributed by atoms with Gasteiger partial charge in [-0.15, -0.1) is 0 Å². The van der Waals surface area contributed by atoms with Crippen molar-refractivity contribution >= 4 is 15.5 Å². The van der Waals surface area contributed by atoms with E-state index in [-0.39, 0.29) is 0 Å². The van der Waals surface area contributed by atoms with Gasteiger partial charge >= 0.3 is 0 Å². The molecule has 0 bridgehead atoms. The molecule has 26 heavy (non-hydrogen) atoms. The van der Waals surface area contributed by atoms with E-state index in [2.05, 4.69) is 16.8 Å². The fourth-order valence-corrected chi connectivity index (χ4v) is 5.55. The highest BCUT2D eigenvalue weighted by molar-refractivity contribution is 7.91. The van der Waals surface area contributed by atoms with Crippen molar-refractivity contribution in [2.75, 3.05) is 31.6 Å². The first-order valence-corrected chi connectivity index (χ1v) is 10.9. The third-order valence-corrected chi connectivity index (χ3v) is 7.48. The van der Waals surface area contributed by atoms with Crippen molar-refractivity contribution in [1.29, 1.82) is 0 Å². The summed E-state index contributed by atoms with van der Waals surface area (Å²) in [5.41, 5.74) is 2.39. The lowest BCUT2D eigenvalue weighted by molar-refractivity contribution is 0.346. The summed E-state index contributed by atoms with van der Waals surface area (Å²) in [4.78, 5) is 5.69. The second kappa shape index (κ2) is 7.05. The maximum atomic E-state index is 12.9. The van der Waals surface area contributed by atoms with Crippen LogP contribution in [0.3, 0.4) is 0 Å². The molecule has 1 atom stereocenters. The van der Waals surface area contributed by atoms with Crippen molar-refractivity contribution < 1.29 is 8.42 Å². The van der Waals surface area contributed by atoms with Crippen LogP contribution in [0, 0.1) is 0 Å². The summed E-state index contributed by atoms with van der Waals surface area (Å²) in [5, 5.41) is 0. The van der Waals surface area contributed by atoms with Gasteiger partial charge in [0.2, 0.25) is 9.84 Å². The molecule has 0 aromatic heterocycles. The third-order valence-electron chi connectivity index (χ3n) is 5.71. The Morgan fingerprint density at radius 2 is 1.73 bits per heavy atom. The molecule has 2 heterocycles. The van der Waals surface area contributed by atoms with Crippen LogP contribution in [0.15, 0.2) is 58.3 Å². The Labute approximate surface area is 156 Å². The molecule has 0 radical (unpaired) electrons. The summed E-state index contributed by atoms with van der Waals surface area (Å²) < 4.78 is 25.8. The fraction of sp³-hybridized carbons (Fsp3) is 0.429. The number of hydrogen-bond acceptors (Lipinski definition) is 4. The summed E-state index contributed by atoms with van der Waals surface area (Å²) in [7, 11) is -1.25. The lowest BCUT2D eigenvalue weighted by Gasteiger charge is -2.29. The average molecular weight is 371 g/mol. The second-order valence-corrected chi connectivity index (χ2v) is 9.39. The molecular weight excluding hydrogens is 344 g/mol. The number of hydrogen-bond donors (Lipinski definition) is 0. The van der Waals surface area contributed by atoms with Gasteiger partial charge < -0.3 is 9.80 Å². The van der Waals surface area contributed by atoms with Crippen LogP contribution >= 0.6 is 0 Å². The van der Waals surface area contributed by atoms with Gasteiger partial charge in [0.1, 0.15) is 0 Å². The van der Waals surface area contributed by atoms with E-state index in [1.54, 1.807) is 30.3 Å². The quantitative estimate of drug-likeness (QED) is 0.831. The van der Waals surface area contributed by atoms with Crippen molar-refractivity contribution in [2.24, 2.45) is 0 Å². The van der Waals surface area contributed by atoms with Gasteiger partial charge in [0.05, 0.1) is 9.79 Å². The van der Waals surface area contributed by atoms with Gasteiger partial charge in [-0.2, -0.15) is 0 Å². The molecule has 0 N–H and O–H groups in total. The second-order valence-electron chi connectivity index (χ2n) is 7.44. The van der Waals surface area contributed by atoms with Crippen molar-refractivity contribution in [3.63, 3.8) is 0 Å². The predicted molar refractivity (Wildman–Crippen MR) is 105 cm³/mol. The van der Waals surface area contributed by atoms with Crippen LogP contribution in [0.2, 0.25) is 0 Å². The minimum absolute atomic E-state index is 0.363. The van der Waals surface area contributed by atoms with Gasteiger partial charge in [-0.05, 0) is 81.7 Å². The number of likely N-dealkylation sites (tertiary alicyclic amines) is 1. The van der Waals surface area contributed by atoms with E-state index < -0.39 is 9.84 Å². The average Bonchev–Trinajstić information content (AvgIpc) is 2.96. The van der Waals surface area contributed by atoms with E-state index in [1.165, 1.54) is 37.1 Å². The van der Waals surface area contributed by atoms with Gasteiger partial charge in [-0.1, -0.05) is 18.2 Å². The van der Waals surface area contributed by atoms with Crippen LogP contribution in [-0.2, 0) is 16.3 Å². The van der Waals surface area contributed by atoms with Gasteiger partial charge in [0.25, 0.3) is 0 Å². The molecule has 2 aromatic carbocycles. The molecule has 2 aromatic rings. The zero-order chi connectivity index (χ0) is 18.1. The molecule has 4 nitrogen and oxygen atoms in total. The summed E-state index contributed by atoms with van der Waals surface area (Å²) >= 11 is 0. The molecule has 1 fully saturated rings. The molecule has 0 amide bonds. The van der Waals surface area contributed by atoms with E-state index in [0.717, 1.165) is 19.5 Å². The molecule has 138 valence electrons. The molecule has 4 rings (SSSR count). The number of fused-ring (bicyclic) bond motifs is 1. The normalized spacial score (nSPS) is 21.4. The topological polar surface area (TPSA) is 40.6 Å². The molecule has 5 heteroatoms. The van der Waals surface area contributed by atoms with Crippen molar-refractivity contribution in [2.45, 2.75) is 41.5 Å². The largest absolute Gasteiger partial charge is 0.368 e. The Morgan fingerprint density at radius 3 is 2.54 bits per heavy atom. The smallest absolute Gasteiger partial charge is 0.206 e. The van der Waals surface area contributed by atoms with Gasteiger partial charge in [-0.25, -0.2) is 8.42 Å². The minimum atomic E-state index is -3.44. The highest BCUT2D eigenvalue weighted by Gasteiger charge is 2.29. The number of nitrogens with zero attached hydrogens (tertiary/aromatic N) is 2. The van der Waals surface area contributed by atoms with Crippen molar-refractivity contribution in [3.8, 4) is 0 Å². The highest BCUT2D eigenvalue weighted by Crippen LogP contribution is 2.35. The van der Waals surface area contributed by atoms with Crippen LogP contribution < -0.4 is 4.90 Å². The molecule has 0 saturated carbocycles. The van der Waals surface area contributed by atoms with Crippen LogP contribution in [0.5, 0.6) is 0 Å². The predicted octanol–water partition coefficient (Wildman–Crippen LogP) is 3.37. The highest BCUT2D eigenvalue weighted by atomic mass is 32.2. The Balaban J connectivity index is 1.61. The molecule has 2 aliphatic rings. The SMILES string of the molecule is CN1CCCC(N2CCc3cc(S(=O)(=O)c4ccccc4)ccc32)CC1. The van der Waals surface area contributed by atoms with Crippen LogP contribution in [0.4, 0.5) is 5.69 Å². The van der Waals surface area contributed by atoms with Crippen molar-refractivity contribution in [3.05, 3.63) is 54.1 Å². The number of sulfone groups is 1. The first-order valence-electron chi connectivity index (χ1n) is 9.44. The third kappa shape index (κ3) is 3.26. The van der Waals surface area contributed by atoms with Crippen LogP contribution in [0.25, 0.3) is 0 Å². The fourth-order valence-electron chi connectivity index (χ4n) is 4.22. The lowest BCUT2D eigenvalue weighted by Crippen LogP contribution is -2.34. The summed E-state index contributed by atoms with van der Waals surface area (Å²) in [6, 6.07) is 15.0. The van der Waals surface area contributed by atoms with E-state index in [0.29, 0.717) is 15.8 Å². The van der Waals surface area contributed by atoms with Crippen LogP contribution in [-0.4, -0.2) is 46.0 Å². The molecule has 1 unspecified atom stereocenters. The van der Waals surface area contributed by atoms with E-state index >= 15 is 0 Å². The van der Waals surface area contributed by atoms with Gasteiger partial charge in [0, 0.05) is 18.3 Å². The molecule has 0 spiro atoms. The maximum absolute atomic E-state index is 12.9. The lowest BCUT2D eigenvalue weighted by atomic mass is 10.1.